The topological polar surface area (TPSA) is 41.5 Å². The van der Waals surface area contributed by atoms with Crippen molar-refractivity contribution in [1.82, 2.24) is 5.32 Å². The first-order valence-electron chi connectivity index (χ1n) is 5.52. The van der Waals surface area contributed by atoms with Crippen LogP contribution in [0.1, 0.15) is 5.56 Å². The van der Waals surface area contributed by atoms with Gasteiger partial charge in [-0.3, -0.25) is 0 Å². The lowest BCUT2D eigenvalue weighted by atomic mass is 10.0. The van der Waals surface area contributed by atoms with Gasteiger partial charge in [0.1, 0.15) is 0 Å². The molecule has 3 heteroatoms. The van der Waals surface area contributed by atoms with Gasteiger partial charge >= 0.3 is 6.03 Å². The van der Waals surface area contributed by atoms with E-state index in [0.29, 0.717) is 6.42 Å². The fourth-order valence-corrected chi connectivity index (χ4v) is 1.76. The first-order valence-corrected chi connectivity index (χ1v) is 5.52. The summed E-state index contributed by atoms with van der Waals surface area (Å²) in [5, 5.41) is 4.87. The molecule has 0 saturated heterocycles. The molecule has 17 heavy (non-hydrogen) atoms. The summed E-state index contributed by atoms with van der Waals surface area (Å²) in [6.07, 6.45) is 2.30. The Kier molecular flexibility index (Phi) is 3.50. The van der Waals surface area contributed by atoms with Gasteiger partial charge in [-0.1, -0.05) is 42.5 Å². The number of urea groups is 1. The number of nitrogens with one attached hydrogen (secondary N) is 1. The zero-order chi connectivity index (χ0) is 12.1. The van der Waals surface area contributed by atoms with Gasteiger partial charge in [0.25, 0.3) is 0 Å². The lowest BCUT2D eigenvalue weighted by molar-refractivity contribution is 0.251. The number of nitrogens with zero attached hydrogens (tertiary/aromatic N) is 1. The molecular weight excluding hydrogens is 212 g/mol. The number of carbonyl (C=O) groups is 1. The monoisotopic (exact) mass is 226 g/mol. The van der Waals surface area contributed by atoms with Gasteiger partial charge in [0.05, 0.1) is 0 Å². The molecule has 0 spiro atoms. The number of hydrogen-bond acceptors (Lipinski definition) is 1. The molecule has 2 aromatic rings. The van der Waals surface area contributed by atoms with Crippen LogP contribution in [0, 0.1) is 0 Å². The van der Waals surface area contributed by atoms with Crippen LogP contribution >= 0.6 is 0 Å². The molecule has 0 atom stereocenters. The molecular formula is C14H14N2O. The minimum absolute atomic E-state index is 0.315. The summed E-state index contributed by atoms with van der Waals surface area (Å²) in [4.78, 5) is 14.7. The average Bonchev–Trinajstić information content (AvgIpc) is 2.39. The van der Waals surface area contributed by atoms with E-state index >= 15 is 0 Å². The maximum Gasteiger partial charge on any atom is 0.340 e. The number of aliphatic imine (C=N–C) groups is 1. The van der Waals surface area contributed by atoms with Crippen LogP contribution in [-0.4, -0.2) is 19.3 Å². The summed E-state index contributed by atoms with van der Waals surface area (Å²) < 4.78 is 0. The van der Waals surface area contributed by atoms with Crippen molar-refractivity contribution in [2.75, 3.05) is 7.05 Å². The number of rotatable bonds is 2. The van der Waals surface area contributed by atoms with E-state index in [-0.39, 0.29) is 6.03 Å². The van der Waals surface area contributed by atoms with Crippen LogP contribution < -0.4 is 5.32 Å². The van der Waals surface area contributed by atoms with E-state index in [4.69, 9.17) is 0 Å². The summed E-state index contributed by atoms with van der Waals surface area (Å²) in [7, 11) is 1.57. The van der Waals surface area contributed by atoms with Gasteiger partial charge < -0.3 is 5.32 Å². The normalized spacial score (nSPS) is 10.9. The molecule has 0 unspecified atom stereocenters. The molecule has 0 fully saturated rings. The van der Waals surface area contributed by atoms with Crippen molar-refractivity contribution in [2.45, 2.75) is 6.42 Å². The van der Waals surface area contributed by atoms with Gasteiger partial charge in [0.2, 0.25) is 0 Å². The standard InChI is InChI=1S/C14H14N2O/c1-15-14(17)16-10-9-12-7-4-6-11-5-2-3-8-13(11)12/h2-8,10H,9H2,1H3,(H,15,17)/b16-10+. The second kappa shape index (κ2) is 5.25. The van der Waals surface area contributed by atoms with Crippen molar-refractivity contribution in [3.05, 3.63) is 48.0 Å². The highest BCUT2D eigenvalue weighted by Crippen LogP contribution is 2.18. The van der Waals surface area contributed by atoms with Crippen LogP contribution in [0.2, 0.25) is 0 Å². The van der Waals surface area contributed by atoms with E-state index in [1.54, 1.807) is 13.3 Å². The minimum Gasteiger partial charge on any atom is -0.339 e. The lowest BCUT2D eigenvalue weighted by Gasteiger charge is -2.03. The molecule has 86 valence electrons. The summed E-state index contributed by atoms with van der Waals surface area (Å²) >= 11 is 0. The molecule has 2 amide bonds. The van der Waals surface area contributed by atoms with Crippen molar-refractivity contribution in [1.29, 1.82) is 0 Å². The number of amides is 2. The van der Waals surface area contributed by atoms with Gasteiger partial charge in [-0.2, -0.15) is 0 Å². The number of hydrogen-bond donors (Lipinski definition) is 1. The van der Waals surface area contributed by atoms with Crippen LogP contribution in [0.15, 0.2) is 47.5 Å². The highest BCUT2D eigenvalue weighted by molar-refractivity contribution is 5.89. The minimum atomic E-state index is -0.315. The number of benzene rings is 2. The molecule has 0 aliphatic carbocycles. The third kappa shape index (κ3) is 2.69. The molecule has 3 nitrogen and oxygen atoms in total. The first kappa shape index (κ1) is 11.3. The number of carbonyl (C=O) groups excluding carboxylic acids is 1. The summed E-state index contributed by atoms with van der Waals surface area (Å²) in [6, 6.07) is 14.0. The quantitative estimate of drug-likeness (QED) is 0.786. The van der Waals surface area contributed by atoms with Crippen molar-refractivity contribution in [3.63, 3.8) is 0 Å². The molecule has 2 rings (SSSR count). The van der Waals surface area contributed by atoms with Crippen LogP contribution in [0.4, 0.5) is 4.79 Å². The highest BCUT2D eigenvalue weighted by Gasteiger charge is 1.98. The average molecular weight is 226 g/mol. The van der Waals surface area contributed by atoms with Crippen LogP contribution in [0.25, 0.3) is 10.8 Å². The summed E-state index contributed by atoms with van der Waals surface area (Å²) in [6.45, 7) is 0. The Morgan fingerprint density at radius 1 is 1.24 bits per heavy atom. The second-order valence-electron chi connectivity index (χ2n) is 3.71. The highest BCUT2D eigenvalue weighted by atomic mass is 16.2. The maximum absolute atomic E-state index is 11.0. The van der Waals surface area contributed by atoms with E-state index in [1.807, 2.05) is 18.2 Å². The Bertz CT molecular complexity index is 556. The predicted octanol–water partition coefficient (Wildman–Crippen LogP) is 2.79. The Morgan fingerprint density at radius 3 is 2.82 bits per heavy atom. The third-order valence-corrected chi connectivity index (χ3v) is 2.61. The third-order valence-electron chi connectivity index (χ3n) is 2.61. The first-order chi connectivity index (χ1) is 8.31. The van der Waals surface area contributed by atoms with E-state index in [9.17, 15) is 4.79 Å². The molecule has 0 heterocycles. The largest absolute Gasteiger partial charge is 0.340 e. The van der Waals surface area contributed by atoms with Crippen molar-refractivity contribution in [3.8, 4) is 0 Å². The zero-order valence-electron chi connectivity index (χ0n) is 9.68. The molecule has 0 aliphatic rings. The summed E-state index contributed by atoms with van der Waals surface area (Å²) in [5.41, 5.74) is 1.18. The van der Waals surface area contributed by atoms with Crippen molar-refractivity contribution >= 4 is 23.0 Å². The van der Waals surface area contributed by atoms with Crippen LogP contribution in [0.5, 0.6) is 0 Å². The Morgan fingerprint density at radius 2 is 2.00 bits per heavy atom. The van der Waals surface area contributed by atoms with E-state index in [2.05, 4.69) is 34.6 Å². The molecule has 0 bridgehead atoms. The van der Waals surface area contributed by atoms with Crippen molar-refractivity contribution < 1.29 is 4.79 Å². The van der Waals surface area contributed by atoms with Gasteiger partial charge in [0, 0.05) is 19.7 Å². The Balaban J connectivity index is 2.24. The molecule has 2 aromatic carbocycles. The smallest absolute Gasteiger partial charge is 0.339 e. The predicted molar refractivity (Wildman–Crippen MR) is 70.6 cm³/mol. The van der Waals surface area contributed by atoms with Crippen molar-refractivity contribution in [2.24, 2.45) is 4.99 Å². The Hall–Kier alpha value is -2.16. The van der Waals surface area contributed by atoms with Gasteiger partial charge in [-0.25, -0.2) is 9.79 Å². The zero-order valence-corrected chi connectivity index (χ0v) is 9.68. The fraction of sp³-hybridized carbons (Fsp3) is 0.143. The number of fused-ring (bicyclic) bond motifs is 1. The van der Waals surface area contributed by atoms with Crippen LogP contribution in [0.3, 0.4) is 0 Å². The molecule has 0 aromatic heterocycles. The fourth-order valence-electron chi connectivity index (χ4n) is 1.76. The van der Waals surface area contributed by atoms with E-state index < -0.39 is 0 Å². The van der Waals surface area contributed by atoms with Crippen LogP contribution in [-0.2, 0) is 6.42 Å². The molecule has 0 aliphatic heterocycles. The molecule has 0 saturated carbocycles. The maximum atomic E-state index is 11.0. The lowest BCUT2D eigenvalue weighted by Crippen LogP contribution is -2.12. The second-order valence-corrected chi connectivity index (χ2v) is 3.71. The molecule has 1 N–H and O–H groups in total. The van der Waals surface area contributed by atoms with E-state index in [1.165, 1.54) is 16.3 Å². The summed E-state index contributed by atoms with van der Waals surface area (Å²) in [5.74, 6) is 0. The van der Waals surface area contributed by atoms with Gasteiger partial charge in [-0.15, -0.1) is 0 Å². The van der Waals surface area contributed by atoms with Gasteiger partial charge in [0.15, 0.2) is 0 Å². The molecule has 0 radical (unpaired) electrons. The van der Waals surface area contributed by atoms with E-state index in [0.717, 1.165) is 0 Å². The Labute approximate surface area is 100 Å². The SMILES string of the molecule is CNC(=O)/N=C/Cc1cccc2ccccc12. The van der Waals surface area contributed by atoms with Gasteiger partial charge in [-0.05, 0) is 16.3 Å².